The number of hydrogen-bond donors (Lipinski definition) is 4. The monoisotopic (exact) mass is 593 g/mol. The number of aliphatic hydroxyl groups excluding tert-OH is 3. The van der Waals surface area contributed by atoms with Crippen LogP contribution in [-0.4, -0.2) is 82.8 Å². The van der Waals surface area contributed by atoms with E-state index in [0.717, 1.165) is 42.7 Å². The zero-order chi connectivity index (χ0) is 29.1. The average Bonchev–Trinajstić information content (AvgIpc) is 2.94. The van der Waals surface area contributed by atoms with Crippen LogP contribution in [0, 0.1) is 11.8 Å². The van der Waals surface area contributed by atoms with Crippen LogP contribution in [0.3, 0.4) is 0 Å². The van der Waals surface area contributed by atoms with Gasteiger partial charge in [0.15, 0.2) is 0 Å². The predicted octanol–water partition coefficient (Wildman–Crippen LogP) is 6.44. The first-order valence-electron chi connectivity index (χ1n) is 15.8. The molecule has 6 nitrogen and oxygen atoms in total. The third kappa shape index (κ3) is 24.3. The molecule has 0 aromatic rings. The van der Waals surface area contributed by atoms with Gasteiger partial charge in [0, 0.05) is 42.2 Å². The molecular formula is C31H63NO5S2. The average molecular weight is 594 g/mol. The third-order valence-electron chi connectivity index (χ3n) is 7.51. The molecule has 39 heavy (non-hydrogen) atoms. The van der Waals surface area contributed by atoms with Crippen molar-refractivity contribution in [3.8, 4) is 0 Å². The van der Waals surface area contributed by atoms with Crippen LogP contribution in [0.5, 0.6) is 0 Å². The summed E-state index contributed by atoms with van der Waals surface area (Å²) in [4.78, 5) is 11.3. The Hall–Kier alpha value is 0.01000. The van der Waals surface area contributed by atoms with Crippen LogP contribution >= 0.6 is 23.5 Å². The molecular weight excluding hydrogens is 530 g/mol. The van der Waals surface area contributed by atoms with E-state index in [9.17, 15) is 15.0 Å². The maximum atomic E-state index is 11.3. The summed E-state index contributed by atoms with van der Waals surface area (Å²) < 4.78 is 4.73. The molecule has 0 aliphatic heterocycles. The number of carbonyl (C=O) groups is 1. The molecule has 0 fully saturated rings. The summed E-state index contributed by atoms with van der Waals surface area (Å²) in [7, 11) is 1.46. The lowest BCUT2D eigenvalue weighted by atomic mass is 9.96. The van der Waals surface area contributed by atoms with Gasteiger partial charge in [-0.1, -0.05) is 78.6 Å². The van der Waals surface area contributed by atoms with Crippen LogP contribution in [0.1, 0.15) is 117 Å². The molecule has 0 aromatic carbocycles. The zero-order valence-electron chi connectivity index (χ0n) is 25.7. The number of esters is 1. The highest BCUT2D eigenvalue weighted by atomic mass is 32.2. The number of aliphatic hydroxyl groups is 3. The molecule has 234 valence electrons. The number of carbonyl (C=O) groups excluding carboxylic acids is 1. The molecule has 0 heterocycles. The highest BCUT2D eigenvalue weighted by Crippen LogP contribution is 2.27. The summed E-state index contributed by atoms with van der Waals surface area (Å²) in [5, 5.41) is 33.0. The fourth-order valence-electron chi connectivity index (χ4n) is 4.65. The summed E-state index contributed by atoms with van der Waals surface area (Å²) in [6.45, 7) is 7.51. The number of rotatable bonds is 29. The molecule has 0 aliphatic carbocycles. The standard InChI is InChI=1S/C31H63NO5S2/c1-5-6-7-11-15-26(2)18-19-28(16-12-9-8-10-13-17-30(35)37-4)39-23-22-38-21-14-20-32-24-29(34)31(36)27(3)25-33/h26-29,31-34,36H,5-25H2,1-4H3/t26?,27?,28?,29-,31?/m1/s1. The number of nitrogens with one attached hydrogen (secondary N) is 1. The van der Waals surface area contributed by atoms with Crippen LogP contribution in [0.25, 0.3) is 0 Å². The summed E-state index contributed by atoms with van der Waals surface area (Å²) in [5.41, 5.74) is 0. The van der Waals surface area contributed by atoms with Crippen LogP contribution < -0.4 is 5.32 Å². The van der Waals surface area contributed by atoms with Crippen molar-refractivity contribution in [2.45, 2.75) is 135 Å². The molecule has 0 spiro atoms. The lowest BCUT2D eigenvalue weighted by molar-refractivity contribution is -0.140. The Morgan fingerprint density at radius 1 is 0.846 bits per heavy atom. The molecule has 4 unspecified atom stereocenters. The van der Waals surface area contributed by atoms with E-state index < -0.39 is 12.2 Å². The van der Waals surface area contributed by atoms with Crippen molar-refractivity contribution in [1.29, 1.82) is 0 Å². The Bertz CT molecular complexity index is 543. The van der Waals surface area contributed by atoms with Gasteiger partial charge in [-0.25, -0.2) is 0 Å². The largest absolute Gasteiger partial charge is 0.469 e. The number of thioether (sulfide) groups is 2. The minimum Gasteiger partial charge on any atom is -0.469 e. The topological polar surface area (TPSA) is 99.0 Å². The maximum Gasteiger partial charge on any atom is 0.305 e. The van der Waals surface area contributed by atoms with E-state index in [-0.39, 0.29) is 18.5 Å². The number of ether oxygens (including phenoxy) is 1. The molecule has 0 aromatic heterocycles. The van der Waals surface area contributed by atoms with E-state index in [1.165, 1.54) is 89.2 Å². The zero-order valence-corrected chi connectivity index (χ0v) is 27.3. The van der Waals surface area contributed by atoms with Gasteiger partial charge in [0.2, 0.25) is 0 Å². The van der Waals surface area contributed by atoms with Gasteiger partial charge in [-0.15, -0.1) is 0 Å². The van der Waals surface area contributed by atoms with Gasteiger partial charge in [-0.05, 0) is 50.3 Å². The maximum absolute atomic E-state index is 11.3. The van der Waals surface area contributed by atoms with Gasteiger partial charge in [0.1, 0.15) is 0 Å². The van der Waals surface area contributed by atoms with Gasteiger partial charge < -0.3 is 25.4 Å². The predicted molar refractivity (Wildman–Crippen MR) is 171 cm³/mol. The van der Waals surface area contributed by atoms with E-state index >= 15 is 0 Å². The number of unbranched alkanes of at least 4 members (excludes halogenated alkanes) is 7. The summed E-state index contributed by atoms with van der Waals surface area (Å²) in [6, 6.07) is 0. The van der Waals surface area contributed by atoms with Crippen LogP contribution in [0.4, 0.5) is 0 Å². The van der Waals surface area contributed by atoms with Gasteiger partial charge in [-0.2, -0.15) is 23.5 Å². The Labute approximate surface area is 249 Å². The van der Waals surface area contributed by atoms with E-state index in [1.807, 2.05) is 11.8 Å². The minimum absolute atomic E-state index is 0.0908. The molecule has 0 saturated carbocycles. The van der Waals surface area contributed by atoms with Crippen molar-refractivity contribution in [3.63, 3.8) is 0 Å². The third-order valence-corrected chi connectivity index (χ3v) is 10.2. The minimum atomic E-state index is -0.891. The second-order valence-corrected chi connectivity index (χ2v) is 13.9. The quantitative estimate of drug-likeness (QED) is 0.0581. The lowest BCUT2D eigenvalue weighted by Gasteiger charge is -2.22. The van der Waals surface area contributed by atoms with Crippen LogP contribution in [-0.2, 0) is 9.53 Å². The molecule has 0 aliphatic rings. The van der Waals surface area contributed by atoms with Crippen molar-refractivity contribution in [2.75, 3.05) is 44.1 Å². The van der Waals surface area contributed by atoms with Crippen molar-refractivity contribution < 1.29 is 24.9 Å². The van der Waals surface area contributed by atoms with Crippen molar-refractivity contribution in [1.82, 2.24) is 5.32 Å². The van der Waals surface area contributed by atoms with Gasteiger partial charge in [0.25, 0.3) is 0 Å². The highest BCUT2D eigenvalue weighted by molar-refractivity contribution is 8.03. The molecule has 0 saturated heterocycles. The van der Waals surface area contributed by atoms with E-state index in [1.54, 1.807) is 6.92 Å². The Morgan fingerprint density at radius 2 is 1.54 bits per heavy atom. The molecule has 4 N–H and O–H groups in total. The summed E-state index contributed by atoms with van der Waals surface area (Å²) in [5.74, 6) is 3.91. The van der Waals surface area contributed by atoms with Gasteiger partial charge in [0.05, 0.1) is 19.3 Å². The van der Waals surface area contributed by atoms with Crippen molar-refractivity contribution >= 4 is 29.5 Å². The molecule has 5 atom stereocenters. The van der Waals surface area contributed by atoms with E-state index in [0.29, 0.717) is 13.0 Å². The molecule has 8 heteroatoms. The second kappa shape index (κ2) is 28.1. The SMILES string of the molecule is CCCCCCC(C)CCC(CCCCCCCC(=O)OC)SCCSCCCNC[C@@H](O)C(O)C(C)CO. The molecule has 0 amide bonds. The van der Waals surface area contributed by atoms with Crippen LogP contribution in [0.2, 0.25) is 0 Å². The molecule has 0 rings (SSSR count). The smallest absolute Gasteiger partial charge is 0.305 e. The first-order chi connectivity index (χ1) is 18.8. The summed E-state index contributed by atoms with van der Waals surface area (Å²) >= 11 is 4.18. The number of methoxy groups -OCH3 is 1. The lowest BCUT2D eigenvalue weighted by Crippen LogP contribution is -2.41. The Morgan fingerprint density at radius 3 is 2.26 bits per heavy atom. The summed E-state index contributed by atoms with van der Waals surface area (Å²) in [6.07, 6.45) is 16.5. The molecule has 0 bridgehead atoms. The van der Waals surface area contributed by atoms with Crippen molar-refractivity contribution in [3.05, 3.63) is 0 Å². The van der Waals surface area contributed by atoms with Gasteiger partial charge in [-0.3, -0.25) is 4.79 Å². The van der Waals surface area contributed by atoms with Crippen molar-refractivity contribution in [2.24, 2.45) is 11.8 Å². The first kappa shape index (κ1) is 39.0. The molecule has 0 radical (unpaired) electrons. The van der Waals surface area contributed by atoms with Crippen LogP contribution in [0.15, 0.2) is 0 Å². The van der Waals surface area contributed by atoms with E-state index in [4.69, 9.17) is 9.84 Å². The van der Waals surface area contributed by atoms with Gasteiger partial charge >= 0.3 is 5.97 Å². The Balaban J connectivity index is 4.11. The normalized spacial score (nSPS) is 15.6. The number of hydrogen-bond acceptors (Lipinski definition) is 8. The first-order valence-corrected chi connectivity index (χ1v) is 18.0. The Kier molecular flexibility index (Phi) is 28.2. The van der Waals surface area contributed by atoms with E-state index in [2.05, 4.69) is 30.9 Å². The fraction of sp³-hybridized carbons (Fsp3) is 0.968. The highest BCUT2D eigenvalue weighted by Gasteiger charge is 2.21. The fourth-order valence-corrected chi connectivity index (χ4v) is 7.03. The second-order valence-electron chi connectivity index (χ2n) is 11.3.